The van der Waals surface area contributed by atoms with Crippen LogP contribution < -0.4 is 9.47 Å². The Bertz CT molecular complexity index is 916. The molecule has 3 aromatic rings. The number of methoxy groups -OCH3 is 1. The van der Waals surface area contributed by atoms with Crippen molar-refractivity contribution >= 4 is 11.0 Å². The van der Waals surface area contributed by atoms with E-state index < -0.39 is 6.55 Å². The van der Waals surface area contributed by atoms with Crippen molar-refractivity contribution in [1.82, 2.24) is 9.55 Å². The number of hydrogen-bond donors (Lipinski definition) is 0. The van der Waals surface area contributed by atoms with Gasteiger partial charge in [0.05, 0.1) is 29.8 Å². The predicted octanol–water partition coefficient (Wildman–Crippen LogP) is 3.89. The number of hydrogen-bond acceptors (Lipinski definition) is 4. The van der Waals surface area contributed by atoms with Gasteiger partial charge in [-0.15, -0.1) is 0 Å². The summed E-state index contributed by atoms with van der Waals surface area (Å²) >= 11 is 0. The molecule has 0 spiro atoms. The highest BCUT2D eigenvalue weighted by molar-refractivity contribution is 5.75. The van der Waals surface area contributed by atoms with E-state index in [1.165, 1.54) is 13.2 Å². The summed E-state index contributed by atoms with van der Waals surface area (Å²) < 4.78 is 38.3. The molecular weight excluding hydrogens is 316 g/mol. The third kappa shape index (κ3) is 2.86. The first-order chi connectivity index (χ1) is 11.6. The third-order valence-corrected chi connectivity index (χ3v) is 3.51. The number of rotatable bonds is 5. The number of ether oxygens (including phenoxy) is 2. The van der Waals surface area contributed by atoms with Crippen LogP contribution in [0.4, 0.5) is 8.78 Å². The van der Waals surface area contributed by atoms with Crippen molar-refractivity contribution in [3.05, 3.63) is 53.9 Å². The monoisotopic (exact) mass is 329 g/mol. The van der Waals surface area contributed by atoms with Crippen LogP contribution in [-0.2, 0) is 6.61 Å². The van der Waals surface area contributed by atoms with Gasteiger partial charge in [0.2, 0.25) is 0 Å². The zero-order chi connectivity index (χ0) is 17.1. The SMILES string of the molecule is COc1cc(C#N)ccc1OCc1nc2ccccc2n1C(F)F. The zero-order valence-corrected chi connectivity index (χ0v) is 12.7. The molecule has 0 atom stereocenters. The van der Waals surface area contributed by atoms with Gasteiger partial charge < -0.3 is 9.47 Å². The van der Waals surface area contributed by atoms with Gasteiger partial charge in [0.15, 0.2) is 17.3 Å². The Hall–Kier alpha value is -3.14. The summed E-state index contributed by atoms with van der Waals surface area (Å²) in [5.41, 5.74) is 1.24. The Morgan fingerprint density at radius 1 is 1.21 bits per heavy atom. The van der Waals surface area contributed by atoms with Gasteiger partial charge in [-0.3, -0.25) is 4.57 Å². The van der Waals surface area contributed by atoms with Crippen molar-refractivity contribution in [1.29, 1.82) is 5.26 Å². The molecule has 0 aliphatic carbocycles. The number of aromatic nitrogens is 2. The number of imidazole rings is 1. The molecule has 2 aromatic carbocycles. The van der Waals surface area contributed by atoms with E-state index in [1.807, 2.05) is 6.07 Å². The molecule has 122 valence electrons. The highest BCUT2D eigenvalue weighted by atomic mass is 19.3. The number of nitriles is 1. The molecule has 0 aliphatic rings. The number of alkyl halides is 2. The van der Waals surface area contributed by atoms with E-state index in [9.17, 15) is 8.78 Å². The molecule has 0 saturated heterocycles. The summed E-state index contributed by atoms with van der Waals surface area (Å²) in [5.74, 6) is 0.816. The van der Waals surface area contributed by atoms with Crippen LogP contribution in [0.3, 0.4) is 0 Å². The van der Waals surface area contributed by atoms with Gasteiger partial charge in [-0.2, -0.15) is 14.0 Å². The molecule has 1 heterocycles. The lowest BCUT2D eigenvalue weighted by Crippen LogP contribution is -2.08. The minimum atomic E-state index is -2.72. The fourth-order valence-electron chi connectivity index (χ4n) is 2.41. The van der Waals surface area contributed by atoms with E-state index in [1.54, 1.807) is 36.4 Å². The first kappa shape index (κ1) is 15.7. The fraction of sp³-hybridized carbons (Fsp3) is 0.176. The van der Waals surface area contributed by atoms with Crippen molar-refractivity contribution in [3.8, 4) is 17.6 Å². The molecular formula is C17H13F2N3O2. The van der Waals surface area contributed by atoms with Crippen LogP contribution >= 0.6 is 0 Å². The molecule has 24 heavy (non-hydrogen) atoms. The maximum atomic E-state index is 13.4. The van der Waals surface area contributed by atoms with Crippen molar-refractivity contribution in [3.63, 3.8) is 0 Å². The van der Waals surface area contributed by atoms with Gasteiger partial charge in [-0.05, 0) is 24.3 Å². The Morgan fingerprint density at radius 3 is 2.71 bits per heavy atom. The molecule has 0 saturated carbocycles. The molecule has 3 rings (SSSR count). The van der Waals surface area contributed by atoms with E-state index in [-0.39, 0.29) is 12.4 Å². The molecule has 0 radical (unpaired) electrons. The van der Waals surface area contributed by atoms with E-state index in [4.69, 9.17) is 14.7 Å². The van der Waals surface area contributed by atoms with Gasteiger partial charge in [-0.25, -0.2) is 4.98 Å². The van der Waals surface area contributed by atoms with Crippen LogP contribution in [0.25, 0.3) is 11.0 Å². The predicted molar refractivity (Wildman–Crippen MR) is 83.0 cm³/mol. The van der Waals surface area contributed by atoms with E-state index in [0.717, 1.165) is 4.57 Å². The summed E-state index contributed by atoms with van der Waals surface area (Å²) in [6, 6.07) is 13.3. The van der Waals surface area contributed by atoms with Crippen molar-refractivity contribution in [2.45, 2.75) is 13.2 Å². The molecule has 0 N–H and O–H groups in total. The average Bonchev–Trinajstić information content (AvgIpc) is 2.98. The molecule has 1 aromatic heterocycles. The topological polar surface area (TPSA) is 60.1 Å². The second-order valence-corrected chi connectivity index (χ2v) is 4.93. The van der Waals surface area contributed by atoms with Gasteiger partial charge >= 0.3 is 6.55 Å². The molecule has 0 aliphatic heterocycles. The first-order valence-electron chi connectivity index (χ1n) is 7.09. The fourth-order valence-corrected chi connectivity index (χ4v) is 2.41. The number of para-hydroxylation sites is 2. The van der Waals surface area contributed by atoms with Gasteiger partial charge in [0.1, 0.15) is 6.61 Å². The summed E-state index contributed by atoms with van der Waals surface area (Å²) in [7, 11) is 1.44. The zero-order valence-electron chi connectivity index (χ0n) is 12.7. The normalized spacial score (nSPS) is 10.8. The lowest BCUT2D eigenvalue weighted by atomic mass is 10.2. The first-order valence-corrected chi connectivity index (χ1v) is 7.09. The lowest BCUT2D eigenvalue weighted by molar-refractivity contribution is 0.0676. The minimum Gasteiger partial charge on any atom is -0.493 e. The Kier molecular flexibility index (Phi) is 4.29. The summed E-state index contributed by atoms with van der Waals surface area (Å²) in [5, 5.41) is 8.89. The van der Waals surface area contributed by atoms with Crippen LogP contribution in [0.5, 0.6) is 11.5 Å². The molecule has 7 heteroatoms. The number of fused-ring (bicyclic) bond motifs is 1. The van der Waals surface area contributed by atoms with E-state index >= 15 is 0 Å². The Balaban J connectivity index is 1.91. The van der Waals surface area contributed by atoms with Crippen LogP contribution in [0.1, 0.15) is 17.9 Å². The lowest BCUT2D eigenvalue weighted by Gasteiger charge is -2.12. The van der Waals surface area contributed by atoms with Crippen LogP contribution in [-0.4, -0.2) is 16.7 Å². The maximum absolute atomic E-state index is 13.4. The molecule has 0 bridgehead atoms. The largest absolute Gasteiger partial charge is 0.493 e. The second kappa shape index (κ2) is 6.54. The number of benzene rings is 2. The van der Waals surface area contributed by atoms with Gasteiger partial charge in [-0.1, -0.05) is 12.1 Å². The Morgan fingerprint density at radius 2 is 2.00 bits per heavy atom. The minimum absolute atomic E-state index is 0.109. The average molecular weight is 329 g/mol. The summed E-state index contributed by atoms with van der Waals surface area (Å²) in [4.78, 5) is 4.20. The van der Waals surface area contributed by atoms with Crippen molar-refractivity contribution < 1.29 is 18.3 Å². The molecule has 5 nitrogen and oxygen atoms in total. The third-order valence-electron chi connectivity index (χ3n) is 3.51. The van der Waals surface area contributed by atoms with Crippen molar-refractivity contribution in [2.24, 2.45) is 0 Å². The van der Waals surface area contributed by atoms with E-state index in [0.29, 0.717) is 28.1 Å². The highest BCUT2D eigenvalue weighted by Gasteiger charge is 2.18. The van der Waals surface area contributed by atoms with Gasteiger partial charge in [0, 0.05) is 6.07 Å². The molecule has 0 unspecified atom stereocenters. The van der Waals surface area contributed by atoms with Gasteiger partial charge in [0.25, 0.3) is 0 Å². The van der Waals surface area contributed by atoms with E-state index in [2.05, 4.69) is 4.98 Å². The smallest absolute Gasteiger partial charge is 0.320 e. The quantitative estimate of drug-likeness (QED) is 0.712. The van der Waals surface area contributed by atoms with Crippen LogP contribution in [0.2, 0.25) is 0 Å². The number of nitrogens with zero attached hydrogens (tertiary/aromatic N) is 3. The summed E-state index contributed by atoms with van der Waals surface area (Å²) in [6.07, 6.45) is 0. The second-order valence-electron chi connectivity index (χ2n) is 4.93. The van der Waals surface area contributed by atoms with Crippen LogP contribution in [0.15, 0.2) is 42.5 Å². The van der Waals surface area contributed by atoms with Crippen molar-refractivity contribution in [2.75, 3.05) is 7.11 Å². The molecule has 0 fully saturated rings. The number of halogens is 2. The standard InChI is InChI=1S/C17H13F2N3O2/c1-23-15-8-11(9-20)6-7-14(15)24-10-16-21-12-4-2-3-5-13(12)22(16)17(18)19/h2-8,17H,10H2,1H3. The highest BCUT2D eigenvalue weighted by Crippen LogP contribution is 2.29. The Labute approximate surface area is 136 Å². The maximum Gasteiger partial charge on any atom is 0.320 e. The molecule has 0 amide bonds. The van der Waals surface area contributed by atoms with Crippen LogP contribution in [0, 0.1) is 11.3 Å². The summed E-state index contributed by atoms with van der Waals surface area (Å²) in [6.45, 7) is -2.87.